The van der Waals surface area contributed by atoms with Crippen LogP contribution in [0.2, 0.25) is 0 Å². The maximum Gasteiger partial charge on any atom is 0.221 e. The fraction of sp³-hybridized carbons (Fsp3) is 0.607. The number of likely N-dealkylation sites (N-methyl/N-ethyl adjacent to an activating group) is 1. The summed E-state index contributed by atoms with van der Waals surface area (Å²) in [7, 11) is 4.84. The first-order valence-electron chi connectivity index (χ1n) is 13.5. The van der Waals surface area contributed by atoms with E-state index in [4.69, 9.17) is 19.2 Å². The number of carbonyl (C=O) groups is 2. The molecule has 1 N–H and O–H groups in total. The van der Waals surface area contributed by atoms with Crippen LogP contribution in [0.15, 0.2) is 12.1 Å². The Morgan fingerprint density at radius 3 is 2.55 bits per heavy atom. The first-order chi connectivity index (χ1) is 18.4. The normalized spacial score (nSPS) is 19.7. The maximum absolute atomic E-state index is 12.6. The zero-order chi connectivity index (χ0) is 27.2. The lowest BCUT2D eigenvalue weighted by molar-refractivity contribution is -0.130. The van der Waals surface area contributed by atoms with Crippen LogP contribution in [0, 0.1) is 5.92 Å². The first kappa shape index (κ1) is 27.8. The first-order valence-corrected chi connectivity index (χ1v) is 13.5. The molecule has 2 amide bonds. The van der Waals surface area contributed by atoms with E-state index in [1.54, 1.807) is 33.2 Å². The Bertz CT molecular complexity index is 1160. The minimum Gasteiger partial charge on any atom is -0.493 e. The van der Waals surface area contributed by atoms with Crippen LogP contribution in [0.1, 0.15) is 38.7 Å². The van der Waals surface area contributed by atoms with Crippen LogP contribution in [-0.2, 0) is 16.1 Å². The lowest BCUT2D eigenvalue weighted by Crippen LogP contribution is -2.42. The highest BCUT2D eigenvalue weighted by Crippen LogP contribution is 2.44. The van der Waals surface area contributed by atoms with Crippen LogP contribution < -0.4 is 24.4 Å². The highest BCUT2D eigenvalue weighted by molar-refractivity contribution is 5.92. The predicted octanol–water partition coefficient (Wildman–Crippen LogP) is 2.67. The molecular weight excluding hydrogens is 486 g/mol. The molecule has 1 saturated heterocycles. The molecule has 2 bridgehead atoms. The molecule has 4 rings (SSSR count). The fourth-order valence-corrected chi connectivity index (χ4v) is 5.50. The van der Waals surface area contributed by atoms with Crippen molar-refractivity contribution in [2.45, 2.75) is 39.7 Å². The van der Waals surface area contributed by atoms with Crippen LogP contribution in [0.3, 0.4) is 0 Å². The molecule has 1 atom stereocenters. The van der Waals surface area contributed by atoms with Crippen molar-refractivity contribution in [1.29, 1.82) is 0 Å². The number of rotatable bonds is 4. The van der Waals surface area contributed by atoms with Crippen molar-refractivity contribution in [2.75, 3.05) is 72.0 Å². The Labute approximate surface area is 225 Å². The van der Waals surface area contributed by atoms with Gasteiger partial charge in [-0.25, -0.2) is 4.98 Å². The van der Waals surface area contributed by atoms with Crippen LogP contribution in [0.25, 0.3) is 10.9 Å². The number of hydrogen-bond donors (Lipinski definition) is 1. The average Bonchev–Trinajstić information content (AvgIpc) is 2.93. The average molecular weight is 528 g/mol. The van der Waals surface area contributed by atoms with Crippen LogP contribution >= 0.6 is 0 Å². The van der Waals surface area contributed by atoms with E-state index in [0.29, 0.717) is 62.3 Å². The molecule has 3 heterocycles. The number of amides is 2. The van der Waals surface area contributed by atoms with E-state index in [1.807, 2.05) is 6.07 Å². The molecule has 10 heteroatoms. The maximum atomic E-state index is 12.6. The molecule has 0 aliphatic carbocycles. The lowest BCUT2D eigenvalue weighted by atomic mass is 9.97. The number of aromatic nitrogens is 1. The van der Waals surface area contributed by atoms with Crippen molar-refractivity contribution in [1.82, 2.24) is 20.1 Å². The van der Waals surface area contributed by atoms with Gasteiger partial charge >= 0.3 is 0 Å². The quantitative estimate of drug-likeness (QED) is 0.649. The third kappa shape index (κ3) is 6.06. The number of nitrogens with one attached hydrogen (secondary N) is 1. The number of pyridine rings is 1. The number of methoxy groups -OCH3 is 3. The molecule has 10 nitrogen and oxygen atoms in total. The number of hydrogen-bond acceptors (Lipinski definition) is 8. The summed E-state index contributed by atoms with van der Waals surface area (Å²) in [4.78, 5) is 36.5. The molecule has 0 spiro atoms. The Morgan fingerprint density at radius 2 is 1.87 bits per heavy atom. The number of nitrogens with zero attached hydrogens (tertiary/aromatic N) is 4. The fourth-order valence-electron chi connectivity index (χ4n) is 5.50. The van der Waals surface area contributed by atoms with E-state index >= 15 is 0 Å². The largest absolute Gasteiger partial charge is 0.493 e. The van der Waals surface area contributed by atoms with Gasteiger partial charge in [0.1, 0.15) is 5.82 Å². The van der Waals surface area contributed by atoms with E-state index in [2.05, 4.69) is 28.1 Å². The van der Waals surface area contributed by atoms with E-state index in [0.717, 1.165) is 54.8 Å². The van der Waals surface area contributed by atoms with Gasteiger partial charge in [-0.3, -0.25) is 14.5 Å². The van der Waals surface area contributed by atoms with E-state index in [-0.39, 0.29) is 11.8 Å². The summed E-state index contributed by atoms with van der Waals surface area (Å²) in [6.45, 7) is 9.22. The summed E-state index contributed by atoms with van der Waals surface area (Å²) in [5, 5.41) is 3.97. The highest BCUT2D eigenvalue weighted by Gasteiger charge is 2.27. The second-order valence-electron chi connectivity index (χ2n) is 10.1. The Hall–Kier alpha value is -3.27. The van der Waals surface area contributed by atoms with Gasteiger partial charge in [-0.1, -0.05) is 6.92 Å². The van der Waals surface area contributed by atoms with E-state index < -0.39 is 0 Å². The van der Waals surface area contributed by atoms with Gasteiger partial charge < -0.3 is 29.3 Å². The summed E-state index contributed by atoms with van der Waals surface area (Å²) in [6.07, 6.45) is 2.41. The van der Waals surface area contributed by atoms with Gasteiger partial charge in [0.15, 0.2) is 11.5 Å². The molecule has 2 aliphatic rings. The number of benzene rings is 1. The van der Waals surface area contributed by atoms with Crippen molar-refractivity contribution < 1.29 is 23.8 Å². The van der Waals surface area contributed by atoms with Gasteiger partial charge in [-0.05, 0) is 31.4 Å². The van der Waals surface area contributed by atoms with Gasteiger partial charge in [0.05, 0.1) is 26.8 Å². The third-order valence-electron chi connectivity index (χ3n) is 7.67. The summed E-state index contributed by atoms with van der Waals surface area (Å²) in [5.41, 5.74) is 1.87. The molecule has 2 aliphatic heterocycles. The molecule has 38 heavy (non-hydrogen) atoms. The number of anilines is 1. The third-order valence-corrected chi connectivity index (χ3v) is 7.67. The second-order valence-corrected chi connectivity index (χ2v) is 10.1. The van der Waals surface area contributed by atoms with Crippen LogP contribution in [-0.4, -0.2) is 93.7 Å². The van der Waals surface area contributed by atoms with Crippen molar-refractivity contribution in [3.8, 4) is 17.2 Å². The number of ether oxygens (including phenoxy) is 3. The molecule has 2 aromatic rings. The summed E-state index contributed by atoms with van der Waals surface area (Å²) in [5.74, 6) is 2.96. The van der Waals surface area contributed by atoms with Gasteiger partial charge in [0, 0.05) is 76.2 Å². The highest BCUT2D eigenvalue weighted by atomic mass is 16.5. The van der Waals surface area contributed by atoms with Crippen molar-refractivity contribution in [2.24, 2.45) is 5.92 Å². The number of carbonyl (C=O) groups excluding carboxylic acids is 2. The predicted molar refractivity (Wildman–Crippen MR) is 147 cm³/mol. The molecular formula is C28H41N5O5. The minimum atomic E-state index is -0.0148. The molecule has 1 aromatic heterocycles. The Kier molecular flexibility index (Phi) is 9.14. The smallest absolute Gasteiger partial charge is 0.221 e. The zero-order valence-corrected chi connectivity index (χ0v) is 23.3. The van der Waals surface area contributed by atoms with E-state index in [9.17, 15) is 9.59 Å². The summed E-state index contributed by atoms with van der Waals surface area (Å²) < 4.78 is 17.0. The van der Waals surface area contributed by atoms with Crippen molar-refractivity contribution >= 4 is 28.5 Å². The monoisotopic (exact) mass is 527 g/mol. The Balaban J connectivity index is 1.81. The lowest BCUT2D eigenvalue weighted by Gasteiger charge is -2.35. The molecule has 1 fully saturated rings. The van der Waals surface area contributed by atoms with Gasteiger partial charge in [0.2, 0.25) is 17.6 Å². The SMILES string of the molecule is CCN1CCN(C(C)=O)CCC(=O)NCC2CCCN(C2)c2nc3cc(OC)c(OC)c(OC)c3cc2C1. The second kappa shape index (κ2) is 12.5. The van der Waals surface area contributed by atoms with Gasteiger partial charge in [-0.15, -0.1) is 0 Å². The zero-order valence-electron chi connectivity index (χ0n) is 23.3. The molecule has 1 aromatic carbocycles. The number of piperidine rings is 1. The van der Waals surface area contributed by atoms with E-state index in [1.165, 1.54) is 0 Å². The Morgan fingerprint density at radius 1 is 1.08 bits per heavy atom. The molecule has 0 saturated carbocycles. The van der Waals surface area contributed by atoms with Crippen molar-refractivity contribution in [3.63, 3.8) is 0 Å². The van der Waals surface area contributed by atoms with Crippen LogP contribution in [0.5, 0.6) is 17.2 Å². The number of fused-ring (bicyclic) bond motifs is 5. The van der Waals surface area contributed by atoms with Crippen LogP contribution in [0.4, 0.5) is 5.82 Å². The summed E-state index contributed by atoms with van der Waals surface area (Å²) in [6, 6.07) is 4.06. The molecule has 0 radical (unpaired) electrons. The standard InChI is InChI=1S/C28H41N5O5/c1-6-31-12-13-32(19(2)34)11-9-25(35)29-16-20-8-7-10-33(17-20)28-21(18-31)14-22-23(30-28)15-24(36-3)27(38-5)26(22)37-4/h14-15,20H,6-13,16-18H2,1-5H3,(H,29,35). The van der Waals surface area contributed by atoms with Crippen molar-refractivity contribution in [3.05, 3.63) is 17.7 Å². The molecule has 1 unspecified atom stereocenters. The molecule has 208 valence electrons. The summed E-state index contributed by atoms with van der Waals surface area (Å²) >= 11 is 0. The minimum absolute atomic E-state index is 0.00625. The van der Waals surface area contributed by atoms with Gasteiger partial charge in [0.25, 0.3) is 0 Å². The van der Waals surface area contributed by atoms with Gasteiger partial charge in [-0.2, -0.15) is 0 Å². The topological polar surface area (TPSA) is 96.5 Å².